The zero-order valence-corrected chi connectivity index (χ0v) is 33.3. The van der Waals surface area contributed by atoms with Gasteiger partial charge in [-0.15, -0.1) is 0 Å². The minimum absolute atomic E-state index is 0. The molecule has 0 amide bonds. The molecule has 258 valence electrons. The van der Waals surface area contributed by atoms with Crippen molar-refractivity contribution in [2.75, 3.05) is 18.0 Å². The summed E-state index contributed by atoms with van der Waals surface area (Å²) in [6.45, 7) is 36.4. The molecule has 0 aromatic heterocycles. The summed E-state index contributed by atoms with van der Waals surface area (Å²) in [6, 6.07) is 12.4. The summed E-state index contributed by atoms with van der Waals surface area (Å²) < 4.78 is 2.75. The zero-order chi connectivity index (χ0) is 34.7. The maximum absolute atomic E-state index is 2.75. The first kappa shape index (κ1) is 34.1. The third-order valence-corrected chi connectivity index (χ3v) is 13.2. The van der Waals surface area contributed by atoms with Crippen LogP contribution in [0.1, 0.15) is 152 Å². The average Bonchev–Trinajstić information content (AvgIpc) is 2.96. The number of nitrogens with zero attached hydrogens (tertiary/aromatic N) is 2. The lowest BCUT2D eigenvalue weighted by Crippen LogP contribution is -2.58. The number of fused-ring (bicyclic) bond motifs is 4. The molecule has 8 rings (SSSR count). The van der Waals surface area contributed by atoms with E-state index in [2.05, 4.69) is 149 Å². The Morgan fingerprint density at radius 3 is 1.98 bits per heavy atom. The van der Waals surface area contributed by atoms with Crippen LogP contribution in [0, 0.1) is 21.3 Å². The van der Waals surface area contributed by atoms with Crippen LogP contribution < -0.4 is 20.1 Å². The van der Waals surface area contributed by atoms with E-state index in [4.69, 9.17) is 0 Å². The van der Waals surface area contributed by atoms with Crippen molar-refractivity contribution in [1.82, 2.24) is 4.58 Å². The van der Waals surface area contributed by atoms with E-state index in [0.717, 1.165) is 25.9 Å². The molecule has 4 aliphatic heterocycles. The molecule has 2 heteroatoms. The first-order chi connectivity index (χ1) is 22.2. The lowest BCUT2D eigenvalue weighted by atomic mass is 9.58. The number of allylic oxidation sites excluding steroid dienone is 2. The van der Waals surface area contributed by atoms with E-state index in [9.17, 15) is 0 Å². The Labute approximate surface area is 297 Å². The van der Waals surface area contributed by atoms with Gasteiger partial charge in [-0.25, -0.2) is 4.58 Å². The van der Waals surface area contributed by atoms with Gasteiger partial charge in [0.2, 0.25) is 5.36 Å². The Bertz CT molecular complexity index is 2190. The van der Waals surface area contributed by atoms with Crippen LogP contribution in [0.5, 0.6) is 0 Å². The van der Waals surface area contributed by atoms with Crippen molar-refractivity contribution in [1.29, 1.82) is 0 Å². The summed E-state index contributed by atoms with van der Waals surface area (Å²) >= 11 is 0. The molecule has 0 atom stereocenters. The maximum atomic E-state index is 2.75. The molecule has 0 fully saturated rings. The second-order valence-electron chi connectivity index (χ2n) is 19.0. The van der Waals surface area contributed by atoms with E-state index < -0.39 is 0 Å². The van der Waals surface area contributed by atoms with Crippen LogP contribution in [-0.2, 0) is 16.2 Å². The average molecular weight is 653 g/mol. The Morgan fingerprint density at radius 2 is 1.29 bits per heavy atom. The molecule has 1 aliphatic carbocycles. The third kappa shape index (κ3) is 4.40. The summed E-state index contributed by atoms with van der Waals surface area (Å²) in [5.74, 6) is 0. The summed E-state index contributed by atoms with van der Waals surface area (Å²) in [7, 11) is 0. The van der Waals surface area contributed by atoms with Crippen molar-refractivity contribution >= 4 is 22.4 Å². The number of anilines is 1. The van der Waals surface area contributed by atoms with Gasteiger partial charge < -0.3 is 12.3 Å². The number of hydrogen-bond donors (Lipinski definition) is 0. The lowest BCUT2D eigenvalue weighted by molar-refractivity contribution is 0.311. The molecule has 0 bridgehead atoms. The molecule has 3 aromatic carbocycles. The van der Waals surface area contributed by atoms with E-state index in [0.29, 0.717) is 0 Å². The molecule has 2 nitrogen and oxygen atoms in total. The van der Waals surface area contributed by atoms with Gasteiger partial charge in [0.05, 0.1) is 5.54 Å². The van der Waals surface area contributed by atoms with Crippen molar-refractivity contribution in [2.24, 2.45) is 0 Å². The van der Waals surface area contributed by atoms with Gasteiger partial charge >= 0.3 is 0 Å². The van der Waals surface area contributed by atoms with E-state index in [1.54, 1.807) is 22.3 Å². The second-order valence-corrected chi connectivity index (χ2v) is 19.0. The summed E-state index contributed by atoms with van der Waals surface area (Å²) in [5.41, 5.74) is 20.3. The molecule has 0 spiro atoms. The third-order valence-electron chi connectivity index (χ3n) is 13.2. The summed E-state index contributed by atoms with van der Waals surface area (Å²) in [6.07, 6.45) is 7.36. The predicted molar refractivity (Wildman–Crippen MR) is 212 cm³/mol. The van der Waals surface area contributed by atoms with Crippen LogP contribution in [0.3, 0.4) is 0 Å². The molecule has 3 aromatic rings. The molecular formula is C47H60N2. The Kier molecular flexibility index (Phi) is 7.03. The standard InChI is InChI=1S/C46H57N2.CH3/c1-26-15-16-27(2)30(21-26)35-33-22-31-28(3)24-44(9,10)47-19-17-42(5,6)38(40(31)47)36(33)46(13,14)37-34(35)23-32-29(4)25-45(11,12)48-20-18-43(7,8)39(37)41(32)48;/h15-16,21-25H,17-20H2,1-14H3;1H3/q+1;-1. The fraction of sp³-hybridized carbons (Fsp3) is 0.489. The molecule has 0 N–H and O–H groups in total. The smallest absolute Gasteiger partial charge is 0.212 e. The number of benzene rings is 3. The van der Waals surface area contributed by atoms with Gasteiger partial charge in [-0.05, 0) is 127 Å². The van der Waals surface area contributed by atoms with E-state index >= 15 is 0 Å². The number of hydrogen-bond acceptors (Lipinski definition) is 1. The Morgan fingerprint density at radius 1 is 0.633 bits per heavy atom. The quantitative estimate of drug-likeness (QED) is 0.187. The van der Waals surface area contributed by atoms with Crippen molar-refractivity contribution in [3.8, 4) is 0 Å². The minimum atomic E-state index is -0.195. The largest absolute Gasteiger partial charge is 0.362 e. The molecular weight excluding hydrogens is 593 g/mol. The van der Waals surface area contributed by atoms with Gasteiger partial charge in [0.1, 0.15) is 6.54 Å². The van der Waals surface area contributed by atoms with Crippen LogP contribution in [0.15, 0.2) is 42.5 Å². The first-order valence-electron chi connectivity index (χ1n) is 18.5. The minimum Gasteiger partial charge on any atom is -0.362 e. The summed E-state index contributed by atoms with van der Waals surface area (Å²) in [4.78, 5) is 2.75. The van der Waals surface area contributed by atoms with Gasteiger partial charge in [0, 0.05) is 60.0 Å². The molecule has 0 radical (unpaired) electrons. The van der Waals surface area contributed by atoms with Gasteiger partial charge in [-0.3, -0.25) is 0 Å². The normalized spacial score (nSPS) is 22.5. The van der Waals surface area contributed by atoms with Crippen LogP contribution in [0.4, 0.5) is 5.69 Å². The van der Waals surface area contributed by atoms with Crippen LogP contribution >= 0.6 is 0 Å². The van der Waals surface area contributed by atoms with Gasteiger partial charge in [0.25, 0.3) is 0 Å². The predicted octanol–water partition coefficient (Wildman–Crippen LogP) is 9.69. The van der Waals surface area contributed by atoms with Crippen LogP contribution in [-0.4, -0.2) is 24.2 Å². The molecule has 0 saturated heterocycles. The van der Waals surface area contributed by atoms with Gasteiger partial charge in [-0.2, -0.15) is 0 Å². The Hall–Kier alpha value is -3.39. The highest BCUT2D eigenvalue weighted by Gasteiger charge is 2.51. The fourth-order valence-electron chi connectivity index (χ4n) is 10.9. The van der Waals surface area contributed by atoms with Crippen LogP contribution in [0.2, 0.25) is 0 Å². The SMILES string of the molecule is CC1=CC(C)(C)N2CCC(C)(C)c3c2c1cc1c3C(C)(C)c2c3c4c(cc2=C1c1cc(C)ccc1C)C(C)=CC(C)(C)[N+]=4CCC3(C)C.[CH3-]. The Balaban J connectivity index is 0.00000378. The first-order valence-corrected chi connectivity index (χ1v) is 18.5. The second kappa shape index (κ2) is 10.1. The highest BCUT2D eigenvalue weighted by atomic mass is 15.2. The highest BCUT2D eigenvalue weighted by molar-refractivity contribution is 5.95. The van der Waals surface area contributed by atoms with E-state index in [1.807, 2.05) is 0 Å². The maximum Gasteiger partial charge on any atom is 0.212 e. The molecule has 0 unspecified atom stereocenters. The van der Waals surface area contributed by atoms with E-state index in [1.165, 1.54) is 66.4 Å². The monoisotopic (exact) mass is 652 g/mol. The van der Waals surface area contributed by atoms with Crippen molar-refractivity contribution in [3.05, 3.63) is 116 Å². The molecule has 5 aliphatic rings. The number of aryl methyl sites for hydroxylation is 2. The molecule has 49 heavy (non-hydrogen) atoms. The fourth-order valence-corrected chi connectivity index (χ4v) is 10.9. The van der Waals surface area contributed by atoms with E-state index in [-0.39, 0.29) is 34.7 Å². The van der Waals surface area contributed by atoms with Crippen molar-refractivity contribution < 1.29 is 0 Å². The van der Waals surface area contributed by atoms with Gasteiger partial charge in [0.15, 0.2) is 5.54 Å². The van der Waals surface area contributed by atoms with Gasteiger partial charge in [-0.1, -0.05) is 71.4 Å². The molecule has 0 saturated carbocycles. The molecule has 4 heterocycles. The van der Waals surface area contributed by atoms with Crippen LogP contribution in [0.25, 0.3) is 16.7 Å². The number of rotatable bonds is 1. The van der Waals surface area contributed by atoms with Crippen molar-refractivity contribution in [3.63, 3.8) is 0 Å². The zero-order valence-electron chi connectivity index (χ0n) is 33.3. The highest BCUT2D eigenvalue weighted by Crippen LogP contribution is 2.57. The lowest BCUT2D eigenvalue weighted by Gasteiger charge is -2.53. The van der Waals surface area contributed by atoms with Crippen molar-refractivity contribution in [2.45, 2.75) is 137 Å². The summed E-state index contributed by atoms with van der Waals surface area (Å²) in [5, 5.41) is 2.95. The topological polar surface area (TPSA) is 6.25 Å².